The largest absolute Gasteiger partial charge is 0.383 e. The molecule has 0 atom stereocenters. The highest BCUT2D eigenvalue weighted by atomic mass is 19.1. The molecule has 0 aliphatic heterocycles. The molecule has 0 spiro atoms. The Labute approximate surface area is 148 Å². The molecule has 0 aliphatic rings. The van der Waals surface area contributed by atoms with Crippen molar-refractivity contribution in [3.63, 3.8) is 0 Å². The van der Waals surface area contributed by atoms with Gasteiger partial charge in [0.15, 0.2) is 0 Å². The molecular formula is C19H17FN4O2. The van der Waals surface area contributed by atoms with E-state index in [9.17, 15) is 14.0 Å². The molecule has 3 aromatic rings. The summed E-state index contributed by atoms with van der Waals surface area (Å²) in [6.45, 7) is 0.298. The Kier molecular flexibility index (Phi) is 5.07. The van der Waals surface area contributed by atoms with Gasteiger partial charge in [0, 0.05) is 24.6 Å². The van der Waals surface area contributed by atoms with E-state index in [4.69, 9.17) is 5.73 Å². The van der Waals surface area contributed by atoms with Crippen LogP contribution >= 0.6 is 0 Å². The van der Waals surface area contributed by atoms with Crippen LogP contribution in [0.3, 0.4) is 0 Å². The maximum Gasteiger partial charge on any atom is 0.252 e. The zero-order valence-electron chi connectivity index (χ0n) is 13.8. The summed E-state index contributed by atoms with van der Waals surface area (Å²) < 4.78 is 13.0. The summed E-state index contributed by atoms with van der Waals surface area (Å²) in [6.07, 6.45) is 0.351. The summed E-state index contributed by atoms with van der Waals surface area (Å²) in [5.41, 5.74) is 7.32. The van der Waals surface area contributed by atoms with Crippen LogP contribution < -0.4 is 16.6 Å². The molecule has 0 fully saturated rings. The van der Waals surface area contributed by atoms with Crippen molar-refractivity contribution in [2.45, 2.75) is 6.42 Å². The number of nitrogens with one attached hydrogen (secondary N) is 2. The monoisotopic (exact) mass is 352 g/mol. The van der Waals surface area contributed by atoms with Crippen molar-refractivity contribution in [1.29, 1.82) is 0 Å². The number of H-pyrrole nitrogens is 1. The molecule has 132 valence electrons. The molecule has 1 heterocycles. The van der Waals surface area contributed by atoms with Gasteiger partial charge in [-0.15, -0.1) is 0 Å². The van der Waals surface area contributed by atoms with E-state index in [1.54, 1.807) is 30.3 Å². The lowest BCUT2D eigenvalue weighted by Crippen LogP contribution is -2.27. The molecule has 6 nitrogen and oxygen atoms in total. The van der Waals surface area contributed by atoms with Gasteiger partial charge in [-0.2, -0.15) is 0 Å². The number of carbonyl (C=O) groups excluding carboxylic acids is 1. The van der Waals surface area contributed by atoms with Gasteiger partial charge >= 0.3 is 0 Å². The molecule has 0 aliphatic carbocycles. The predicted octanol–water partition coefficient (Wildman–Crippen LogP) is 2.13. The minimum atomic E-state index is -0.328. The van der Waals surface area contributed by atoms with Gasteiger partial charge in [-0.25, -0.2) is 9.37 Å². The third-order valence-electron chi connectivity index (χ3n) is 3.76. The van der Waals surface area contributed by atoms with Crippen molar-refractivity contribution in [1.82, 2.24) is 15.3 Å². The number of benzene rings is 2. The predicted molar refractivity (Wildman–Crippen MR) is 97.1 cm³/mol. The molecule has 4 N–H and O–H groups in total. The lowest BCUT2D eigenvalue weighted by molar-refractivity contribution is 0.0954. The molecular weight excluding hydrogens is 335 g/mol. The van der Waals surface area contributed by atoms with E-state index in [0.29, 0.717) is 24.4 Å². The molecule has 0 bridgehead atoms. The molecule has 0 saturated heterocycles. The first kappa shape index (κ1) is 17.3. The van der Waals surface area contributed by atoms with Crippen LogP contribution in [0.15, 0.2) is 59.4 Å². The van der Waals surface area contributed by atoms with Crippen molar-refractivity contribution in [3.05, 3.63) is 82.2 Å². The molecule has 0 saturated carbocycles. The number of anilines is 1. The molecule has 0 unspecified atom stereocenters. The normalized spacial score (nSPS) is 10.5. The third-order valence-corrected chi connectivity index (χ3v) is 3.76. The molecule has 0 radical (unpaired) electrons. The van der Waals surface area contributed by atoms with Crippen molar-refractivity contribution in [3.8, 4) is 11.1 Å². The molecule has 2 aromatic carbocycles. The smallest absolute Gasteiger partial charge is 0.252 e. The average molecular weight is 352 g/mol. The second kappa shape index (κ2) is 7.60. The number of halogens is 1. The van der Waals surface area contributed by atoms with E-state index in [-0.39, 0.29) is 23.1 Å². The summed E-state index contributed by atoms with van der Waals surface area (Å²) in [6, 6.07) is 14.3. The number of rotatable bonds is 5. The van der Waals surface area contributed by atoms with Gasteiger partial charge in [0.1, 0.15) is 17.5 Å². The van der Waals surface area contributed by atoms with Crippen LogP contribution in [0.5, 0.6) is 0 Å². The Balaban J connectivity index is 1.65. The summed E-state index contributed by atoms with van der Waals surface area (Å²) in [4.78, 5) is 30.2. The highest BCUT2D eigenvalue weighted by Gasteiger charge is 2.08. The van der Waals surface area contributed by atoms with Gasteiger partial charge in [0.05, 0.1) is 0 Å². The first-order valence-corrected chi connectivity index (χ1v) is 8.01. The Morgan fingerprint density at radius 3 is 2.62 bits per heavy atom. The highest BCUT2D eigenvalue weighted by molar-refractivity contribution is 5.95. The van der Waals surface area contributed by atoms with Crippen LogP contribution in [0.1, 0.15) is 16.2 Å². The van der Waals surface area contributed by atoms with Crippen molar-refractivity contribution < 1.29 is 9.18 Å². The number of hydrogen-bond acceptors (Lipinski definition) is 4. The number of nitrogens with two attached hydrogens (primary N) is 1. The van der Waals surface area contributed by atoms with Crippen LogP contribution in [0.25, 0.3) is 11.1 Å². The molecule has 1 aromatic heterocycles. The molecule has 7 heteroatoms. The Hall–Kier alpha value is -3.48. The summed E-state index contributed by atoms with van der Waals surface area (Å²) >= 11 is 0. The fourth-order valence-corrected chi connectivity index (χ4v) is 2.53. The number of aromatic nitrogens is 2. The van der Waals surface area contributed by atoms with Crippen molar-refractivity contribution in [2.24, 2.45) is 0 Å². The number of hydrogen-bond donors (Lipinski definition) is 3. The second-order valence-electron chi connectivity index (χ2n) is 5.71. The van der Waals surface area contributed by atoms with Gasteiger partial charge in [0.25, 0.3) is 11.5 Å². The second-order valence-corrected chi connectivity index (χ2v) is 5.71. The van der Waals surface area contributed by atoms with Gasteiger partial charge in [-0.3, -0.25) is 9.59 Å². The Morgan fingerprint density at radius 1 is 1.12 bits per heavy atom. The number of nitrogen functional groups attached to an aromatic ring is 1. The van der Waals surface area contributed by atoms with E-state index in [0.717, 1.165) is 11.1 Å². The molecule has 3 rings (SSSR count). The zero-order chi connectivity index (χ0) is 18.5. The number of carbonyl (C=O) groups is 1. The van der Waals surface area contributed by atoms with Gasteiger partial charge < -0.3 is 16.0 Å². The maximum absolute atomic E-state index is 13.0. The van der Waals surface area contributed by atoms with E-state index < -0.39 is 0 Å². The van der Waals surface area contributed by atoms with E-state index >= 15 is 0 Å². The fourth-order valence-electron chi connectivity index (χ4n) is 2.53. The third kappa shape index (κ3) is 4.32. The maximum atomic E-state index is 13.0. The lowest BCUT2D eigenvalue weighted by atomic mass is 10.0. The van der Waals surface area contributed by atoms with E-state index in [2.05, 4.69) is 15.3 Å². The van der Waals surface area contributed by atoms with Crippen LogP contribution in [-0.4, -0.2) is 22.4 Å². The average Bonchev–Trinajstić information content (AvgIpc) is 2.61. The quantitative estimate of drug-likeness (QED) is 0.655. The van der Waals surface area contributed by atoms with Crippen LogP contribution in [-0.2, 0) is 6.42 Å². The SMILES string of the molecule is Nc1cc(=O)[nH]c(CCNC(=O)c2cccc(-c3ccc(F)cc3)c2)n1. The van der Waals surface area contributed by atoms with Crippen LogP contribution in [0, 0.1) is 5.82 Å². The number of amides is 1. The van der Waals surface area contributed by atoms with E-state index in [1.165, 1.54) is 18.2 Å². The Bertz CT molecular complexity index is 983. The van der Waals surface area contributed by atoms with Crippen LogP contribution in [0.2, 0.25) is 0 Å². The van der Waals surface area contributed by atoms with Gasteiger partial charge in [-0.1, -0.05) is 24.3 Å². The van der Waals surface area contributed by atoms with Gasteiger partial charge in [-0.05, 0) is 35.4 Å². The van der Waals surface area contributed by atoms with E-state index in [1.807, 2.05) is 6.07 Å². The summed E-state index contributed by atoms with van der Waals surface area (Å²) in [7, 11) is 0. The van der Waals surface area contributed by atoms with Crippen LogP contribution in [0.4, 0.5) is 10.2 Å². The Morgan fingerprint density at radius 2 is 1.88 bits per heavy atom. The molecule has 26 heavy (non-hydrogen) atoms. The zero-order valence-corrected chi connectivity index (χ0v) is 13.8. The fraction of sp³-hybridized carbons (Fsp3) is 0.105. The first-order valence-electron chi connectivity index (χ1n) is 8.01. The molecule has 1 amide bonds. The topological polar surface area (TPSA) is 101 Å². The standard InChI is InChI=1S/C19H17FN4O2/c20-15-6-4-12(5-7-15)13-2-1-3-14(10-13)19(26)22-9-8-17-23-16(21)11-18(25)24-17/h1-7,10-11H,8-9H2,(H,22,26)(H3,21,23,24,25). The number of aromatic amines is 1. The minimum Gasteiger partial charge on any atom is -0.383 e. The first-order chi connectivity index (χ1) is 12.5. The van der Waals surface area contributed by atoms with Crippen molar-refractivity contribution >= 4 is 11.7 Å². The van der Waals surface area contributed by atoms with Gasteiger partial charge in [0.2, 0.25) is 0 Å². The highest BCUT2D eigenvalue weighted by Crippen LogP contribution is 2.20. The lowest BCUT2D eigenvalue weighted by Gasteiger charge is -2.07. The number of nitrogens with zero attached hydrogens (tertiary/aromatic N) is 1. The summed E-state index contributed by atoms with van der Waals surface area (Å²) in [5.74, 6) is -0.00602. The van der Waals surface area contributed by atoms with Crippen molar-refractivity contribution in [2.75, 3.05) is 12.3 Å². The summed E-state index contributed by atoms with van der Waals surface area (Å²) in [5, 5.41) is 2.77. The minimum absolute atomic E-state index is 0.141.